The first kappa shape index (κ1) is 17.9. The van der Waals surface area contributed by atoms with E-state index >= 15 is 0 Å². The van der Waals surface area contributed by atoms with Gasteiger partial charge in [0.2, 0.25) is 6.19 Å². The van der Waals surface area contributed by atoms with Gasteiger partial charge in [-0.1, -0.05) is 0 Å². The highest BCUT2D eigenvalue weighted by Crippen LogP contribution is 2.42. The Morgan fingerprint density at radius 1 is 1.19 bits per heavy atom. The van der Waals surface area contributed by atoms with E-state index in [1.807, 2.05) is 0 Å². The molecule has 0 spiro atoms. The molecule has 1 heterocycles. The van der Waals surface area contributed by atoms with Gasteiger partial charge in [0.25, 0.3) is 6.43 Å². The maximum Gasteiger partial charge on any atom is 0.268 e. The molecule has 0 amide bonds. The molecule has 0 fully saturated rings. The number of carbonyl (C=O) groups excluding carboxylic acids is 1. The fourth-order valence-electron chi connectivity index (χ4n) is 2.63. The third kappa shape index (κ3) is 3.01. The molecule has 0 bridgehead atoms. The molecule has 26 heavy (non-hydrogen) atoms. The first-order valence-electron chi connectivity index (χ1n) is 7.00. The smallest absolute Gasteiger partial charge is 0.268 e. The van der Waals surface area contributed by atoms with Gasteiger partial charge >= 0.3 is 0 Å². The van der Waals surface area contributed by atoms with Crippen molar-refractivity contribution in [3.8, 4) is 17.7 Å². The predicted molar refractivity (Wildman–Crippen MR) is 81.5 cm³/mol. The van der Waals surface area contributed by atoms with E-state index in [4.69, 9.17) is 10.00 Å². The summed E-state index contributed by atoms with van der Waals surface area (Å²) in [6.45, 7) is 0. The Labute approximate surface area is 145 Å². The van der Waals surface area contributed by atoms with Gasteiger partial charge in [0.05, 0.1) is 20.2 Å². The molecule has 134 valence electrons. The normalized spacial score (nSPS) is 18.5. The van der Waals surface area contributed by atoms with Crippen molar-refractivity contribution in [2.24, 2.45) is 4.36 Å². The average Bonchev–Trinajstić information content (AvgIpc) is 2.77. The van der Waals surface area contributed by atoms with Crippen molar-refractivity contribution in [2.45, 2.75) is 11.3 Å². The number of Topliss-reactive ketones (excluding diaryl/α,β-unsaturated/α-hetero) is 1. The van der Waals surface area contributed by atoms with E-state index in [1.165, 1.54) is 6.19 Å². The number of hydrogen-bond donors (Lipinski definition) is 0. The second-order valence-electron chi connectivity index (χ2n) is 5.26. The number of halogens is 4. The number of fused-ring (bicyclic) bond motifs is 1. The lowest BCUT2D eigenvalue weighted by Crippen LogP contribution is -2.05. The summed E-state index contributed by atoms with van der Waals surface area (Å²) >= 11 is 0. The Bertz CT molecular complexity index is 1070. The molecule has 10 heteroatoms. The van der Waals surface area contributed by atoms with E-state index in [0.717, 1.165) is 24.3 Å². The minimum absolute atomic E-state index is 0.280. The van der Waals surface area contributed by atoms with Crippen molar-refractivity contribution < 1.29 is 31.3 Å². The van der Waals surface area contributed by atoms with Gasteiger partial charge in [0, 0.05) is 23.8 Å². The highest BCUT2D eigenvalue weighted by atomic mass is 32.2. The summed E-state index contributed by atoms with van der Waals surface area (Å²) in [6.07, 6.45) is -1.88. The summed E-state index contributed by atoms with van der Waals surface area (Å²) in [7, 11) is -3.47. The van der Waals surface area contributed by atoms with Crippen LogP contribution in [0.3, 0.4) is 0 Å². The van der Waals surface area contributed by atoms with Crippen LogP contribution in [0.2, 0.25) is 0 Å². The zero-order valence-corrected chi connectivity index (χ0v) is 13.5. The van der Waals surface area contributed by atoms with Crippen LogP contribution in [-0.2, 0) is 9.73 Å². The van der Waals surface area contributed by atoms with Crippen LogP contribution in [0.1, 0.15) is 22.3 Å². The van der Waals surface area contributed by atoms with Gasteiger partial charge in [-0.3, -0.25) is 4.79 Å². The summed E-state index contributed by atoms with van der Waals surface area (Å²) in [5.74, 6) is -4.45. The summed E-state index contributed by atoms with van der Waals surface area (Å²) in [4.78, 5) is 11.9. The monoisotopic (exact) mass is 384 g/mol. The van der Waals surface area contributed by atoms with Gasteiger partial charge in [-0.25, -0.2) is 21.8 Å². The highest BCUT2D eigenvalue weighted by molar-refractivity contribution is 7.95. The molecule has 1 atom stereocenters. The number of alkyl halides is 2. The number of nitrogens with zero attached hydrogens (tertiary/aromatic N) is 2. The van der Waals surface area contributed by atoms with Gasteiger partial charge < -0.3 is 4.74 Å². The quantitative estimate of drug-likeness (QED) is 0.587. The van der Waals surface area contributed by atoms with Crippen LogP contribution in [0, 0.1) is 23.1 Å². The Morgan fingerprint density at radius 2 is 1.85 bits per heavy atom. The molecule has 1 unspecified atom stereocenters. The molecule has 0 aromatic heterocycles. The molecule has 2 aromatic rings. The number of hydrogen-bond acceptors (Lipinski definition) is 5. The first-order chi connectivity index (χ1) is 12.2. The Kier molecular flexibility index (Phi) is 4.41. The molecule has 0 saturated heterocycles. The molecule has 3 rings (SSSR count). The van der Waals surface area contributed by atoms with E-state index < -0.39 is 62.0 Å². The van der Waals surface area contributed by atoms with Gasteiger partial charge in [-0.2, -0.15) is 5.26 Å². The molecule has 0 N–H and O–H groups in total. The van der Waals surface area contributed by atoms with E-state index in [2.05, 4.69) is 4.36 Å². The molecule has 1 aliphatic rings. The summed E-state index contributed by atoms with van der Waals surface area (Å²) in [5.41, 5.74) is -1.41. The van der Waals surface area contributed by atoms with E-state index in [0.29, 0.717) is 6.07 Å². The fraction of sp³-hybridized carbons (Fsp3) is 0.125. The zero-order valence-electron chi connectivity index (χ0n) is 12.7. The van der Waals surface area contributed by atoms with Crippen molar-refractivity contribution in [1.29, 1.82) is 5.26 Å². The van der Waals surface area contributed by atoms with Gasteiger partial charge in [-0.15, -0.1) is 4.36 Å². The average molecular weight is 384 g/mol. The summed E-state index contributed by atoms with van der Waals surface area (Å²) in [6, 6.07) is 4.21. The minimum atomic E-state index is -3.47. The van der Waals surface area contributed by atoms with Crippen molar-refractivity contribution in [3.63, 3.8) is 0 Å². The van der Waals surface area contributed by atoms with Crippen LogP contribution >= 0.6 is 0 Å². The SMILES string of the molecule is N#CN=S1(=O)CC(=O)c2c1ccc(Oc1cc(F)cc(F)c1)c2C(F)F. The largest absolute Gasteiger partial charge is 0.457 e. The molecule has 1 aliphatic heterocycles. The molecule has 0 radical (unpaired) electrons. The lowest BCUT2D eigenvalue weighted by atomic mass is 10.0. The molecule has 5 nitrogen and oxygen atoms in total. The van der Waals surface area contributed by atoms with Crippen molar-refractivity contribution in [2.75, 3.05) is 5.75 Å². The molecule has 0 saturated carbocycles. The van der Waals surface area contributed by atoms with Gasteiger partial charge in [0.1, 0.15) is 28.9 Å². The minimum Gasteiger partial charge on any atom is -0.457 e. The lowest BCUT2D eigenvalue weighted by Gasteiger charge is -2.14. The second-order valence-corrected chi connectivity index (χ2v) is 7.45. The molecule has 0 aliphatic carbocycles. The number of rotatable bonds is 3. The van der Waals surface area contributed by atoms with E-state index in [9.17, 15) is 26.6 Å². The van der Waals surface area contributed by atoms with E-state index in [1.54, 1.807) is 0 Å². The Hall–Kier alpha value is -2.93. The number of carbonyl (C=O) groups is 1. The maximum absolute atomic E-state index is 13.6. The number of ketones is 1. The van der Waals surface area contributed by atoms with Crippen molar-refractivity contribution >= 4 is 15.5 Å². The third-order valence-corrected chi connectivity index (χ3v) is 5.64. The van der Waals surface area contributed by atoms with Gasteiger partial charge in [-0.05, 0) is 12.1 Å². The van der Waals surface area contributed by atoms with Crippen molar-refractivity contribution in [1.82, 2.24) is 0 Å². The van der Waals surface area contributed by atoms with Gasteiger partial charge in [0.15, 0.2) is 5.78 Å². The van der Waals surface area contributed by atoms with E-state index in [-0.39, 0.29) is 4.90 Å². The number of nitriles is 1. The van der Waals surface area contributed by atoms with Crippen LogP contribution in [0.15, 0.2) is 39.6 Å². The Morgan fingerprint density at radius 3 is 2.42 bits per heavy atom. The molecule has 2 aromatic carbocycles. The second kappa shape index (κ2) is 6.42. The Balaban J connectivity index is 2.20. The summed E-state index contributed by atoms with van der Waals surface area (Å²) < 4.78 is 74.6. The lowest BCUT2D eigenvalue weighted by molar-refractivity contribution is 0.100. The topological polar surface area (TPSA) is 79.5 Å². The molecular weight excluding hydrogens is 376 g/mol. The number of benzene rings is 2. The standard InChI is InChI=1S/C16H8F4N2O3S/c17-8-3-9(18)5-10(4-8)25-12-1-2-13-14(15(12)16(19)20)11(23)6-26(13,24)22-7-21/h1-5,16H,6H2. The van der Waals surface area contributed by atoms with Crippen molar-refractivity contribution in [3.05, 3.63) is 53.1 Å². The van der Waals surface area contributed by atoms with Crippen LogP contribution in [0.4, 0.5) is 17.6 Å². The first-order valence-corrected chi connectivity index (χ1v) is 8.69. The van der Waals surface area contributed by atoms with Crippen LogP contribution in [-0.4, -0.2) is 15.7 Å². The maximum atomic E-state index is 13.6. The third-order valence-electron chi connectivity index (χ3n) is 3.59. The summed E-state index contributed by atoms with van der Waals surface area (Å²) in [5, 5.41) is 8.63. The number of ether oxygens (including phenoxy) is 1. The predicted octanol–water partition coefficient (Wildman–Crippen LogP) is 4.20. The van der Waals surface area contributed by atoms with Crippen LogP contribution < -0.4 is 4.74 Å². The van der Waals surface area contributed by atoms with Crippen LogP contribution in [0.5, 0.6) is 11.5 Å². The fourth-order valence-corrected chi connectivity index (χ4v) is 4.40. The highest BCUT2D eigenvalue weighted by Gasteiger charge is 2.38. The molecular formula is C16H8F4N2O3S. The van der Waals surface area contributed by atoms with Crippen LogP contribution in [0.25, 0.3) is 0 Å². The zero-order chi connectivity index (χ0) is 19.1.